The molecule has 21 nitrogen and oxygen atoms in total. The van der Waals surface area contributed by atoms with Crippen molar-refractivity contribution in [2.24, 2.45) is 14.1 Å². The molecule has 0 aliphatic rings. The fourth-order valence-corrected chi connectivity index (χ4v) is 6.95. The van der Waals surface area contributed by atoms with Crippen LogP contribution < -0.4 is 21.3 Å². The highest BCUT2D eigenvalue weighted by Gasteiger charge is 2.19. The Kier molecular flexibility index (Phi) is 17.6. The number of carbonyl (C=O) groups excluding carboxylic acids is 2. The van der Waals surface area contributed by atoms with Crippen molar-refractivity contribution in [1.82, 2.24) is 69.7 Å². The zero-order valence-corrected chi connectivity index (χ0v) is 44.5. The maximum atomic E-state index is 12.5. The zero-order valence-electron chi connectivity index (χ0n) is 43.0. The average Bonchev–Trinajstić information content (AvgIpc) is 4.17. The smallest absolute Gasteiger partial charge is 0.407 e. The molecular weight excluding hydrogens is 988 g/mol. The molecule has 5 N–H and O–H groups in total. The van der Waals surface area contributed by atoms with Gasteiger partial charge in [-0.2, -0.15) is 20.4 Å². The minimum absolute atomic E-state index is 0.159. The molecule has 0 bridgehead atoms. The third kappa shape index (κ3) is 16.2. The number of hydrogen-bond donors (Lipinski definition) is 5. The maximum Gasteiger partial charge on any atom is 0.407 e. The number of rotatable bonds is 12. The van der Waals surface area contributed by atoms with Gasteiger partial charge < -0.3 is 31.1 Å². The van der Waals surface area contributed by atoms with Crippen LogP contribution in [-0.4, -0.2) is 87.7 Å². The summed E-state index contributed by atoms with van der Waals surface area (Å²) in [6.07, 6.45) is 16.1. The third-order valence-electron chi connectivity index (χ3n) is 10.2. The van der Waals surface area contributed by atoms with Crippen molar-refractivity contribution >= 4 is 64.4 Å². The van der Waals surface area contributed by atoms with Gasteiger partial charge in [0.05, 0.1) is 69.8 Å². The van der Waals surface area contributed by atoms with E-state index in [2.05, 4.69) is 61.6 Å². The summed E-state index contributed by atoms with van der Waals surface area (Å²) >= 11 is 12.9. The average molecular weight is 1050 g/mol. The third-order valence-corrected chi connectivity index (χ3v) is 10.9. The van der Waals surface area contributed by atoms with Crippen LogP contribution in [0.5, 0.6) is 0 Å². The van der Waals surface area contributed by atoms with Crippen LogP contribution >= 0.6 is 23.2 Å². The molecule has 0 fully saturated rings. The Labute approximate surface area is 438 Å². The summed E-state index contributed by atoms with van der Waals surface area (Å²) in [5, 5.41) is 38.0. The van der Waals surface area contributed by atoms with Crippen LogP contribution in [0, 0.1) is 0 Å². The van der Waals surface area contributed by atoms with E-state index >= 15 is 0 Å². The number of halogens is 2. The number of amides is 2. The van der Waals surface area contributed by atoms with E-state index in [1.165, 1.54) is 12.4 Å². The van der Waals surface area contributed by atoms with Crippen molar-refractivity contribution < 1.29 is 24.2 Å². The second kappa shape index (κ2) is 23.6. The number of carbonyl (C=O) groups is 3. The van der Waals surface area contributed by atoms with Gasteiger partial charge in [0.25, 0.3) is 5.91 Å². The number of carboxylic acid groups (broad SMARTS) is 1. The van der Waals surface area contributed by atoms with E-state index < -0.39 is 17.7 Å². The standard InChI is InChI=1S/C23H25ClN8O.C20H23ClN6O2.C8H12N2O2/c1-23(2,3)32-13-17(11-28-32)21(33)26-10-16-6-5-15(9-19(16)24)20-7-8-25-22(30-20)29-18-12-27-31(4)14-18;1-20(2,3)29-19(28)23-10-14-6-5-13(9-16(14)21)17-7-8-22-18(26-17)25-15-11-24-27(4)12-15;1-8(2,3)10-5-6(4-9-10)7(11)12/h5-9,11-14H,10H2,1-4H3,(H,26,33)(H,25,29,30);5-9,11-12H,10H2,1-4H3,(H,23,28)(H,22,25,26);4-5H,1-3H3,(H,11,12). The topological polar surface area (TPSA) is 252 Å². The Bertz CT molecular complexity index is 3210. The van der Waals surface area contributed by atoms with Crippen molar-refractivity contribution in [3.63, 3.8) is 0 Å². The first-order valence-electron chi connectivity index (χ1n) is 23.1. The SMILES string of the molecule is CC(C)(C)n1cc(C(=O)O)cn1.Cn1cc(Nc2nccc(-c3ccc(CNC(=O)OC(C)(C)C)c(Cl)c3)n2)cn1.Cn1cc(Nc2nccc(-c3ccc(CNC(=O)c4cnn(C(C)(C)C)c4)c(Cl)c3)n2)cn1. The summed E-state index contributed by atoms with van der Waals surface area (Å²) in [5.41, 5.74) is 6.15. The summed E-state index contributed by atoms with van der Waals surface area (Å²) in [6, 6.07) is 14.8. The summed E-state index contributed by atoms with van der Waals surface area (Å²) < 4.78 is 12.0. The van der Waals surface area contributed by atoms with Gasteiger partial charge in [-0.15, -0.1) is 0 Å². The van der Waals surface area contributed by atoms with E-state index in [1.807, 2.05) is 131 Å². The molecule has 0 radical (unpaired) electrons. The van der Waals surface area contributed by atoms with Gasteiger partial charge in [-0.05, 0) is 97.7 Å². The van der Waals surface area contributed by atoms with E-state index in [4.69, 9.17) is 33.0 Å². The van der Waals surface area contributed by atoms with Gasteiger partial charge in [-0.25, -0.2) is 29.5 Å². The van der Waals surface area contributed by atoms with Crippen LogP contribution in [0.3, 0.4) is 0 Å². The van der Waals surface area contributed by atoms with Crippen LogP contribution in [0.2, 0.25) is 10.0 Å². The number of nitrogens with one attached hydrogen (secondary N) is 4. The molecule has 6 heterocycles. The van der Waals surface area contributed by atoms with E-state index in [-0.39, 0.29) is 29.1 Å². The number of hydrogen-bond acceptors (Lipinski definition) is 14. The Morgan fingerprint density at radius 3 is 1.42 bits per heavy atom. The first kappa shape index (κ1) is 55.1. The highest BCUT2D eigenvalue weighted by Crippen LogP contribution is 2.28. The van der Waals surface area contributed by atoms with Gasteiger partial charge in [-0.3, -0.25) is 23.5 Å². The monoisotopic (exact) mass is 1050 g/mol. The van der Waals surface area contributed by atoms with Crippen LogP contribution in [0.1, 0.15) is 94.2 Å². The minimum atomic E-state index is -0.939. The molecule has 0 unspecified atom stereocenters. The number of aryl methyl sites for hydroxylation is 2. The lowest BCUT2D eigenvalue weighted by atomic mass is 10.1. The maximum absolute atomic E-state index is 12.5. The summed E-state index contributed by atoms with van der Waals surface area (Å²) in [4.78, 5) is 52.4. The molecule has 74 heavy (non-hydrogen) atoms. The Morgan fingerprint density at radius 2 is 1.04 bits per heavy atom. The fourth-order valence-electron chi connectivity index (χ4n) is 6.46. The van der Waals surface area contributed by atoms with Crippen LogP contribution in [-0.2, 0) is 43.0 Å². The van der Waals surface area contributed by atoms with Crippen molar-refractivity contribution in [2.75, 3.05) is 10.6 Å². The van der Waals surface area contributed by atoms with Crippen molar-refractivity contribution in [3.8, 4) is 22.5 Å². The number of nitrogens with zero attached hydrogens (tertiary/aromatic N) is 12. The Hall–Kier alpha value is -8.17. The summed E-state index contributed by atoms with van der Waals surface area (Å²) in [6.45, 7) is 18.0. The van der Waals surface area contributed by atoms with Gasteiger partial charge in [0.1, 0.15) is 5.60 Å². The van der Waals surface area contributed by atoms with E-state index in [1.54, 1.807) is 62.0 Å². The van der Waals surface area contributed by atoms with Gasteiger partial charge in [0.2, 0.25) is 11.9 Å². The van der Waals surface area contributed by atoms with Gasteiger partial charge in [0, 0.05) is 85.5 Å². The van der Waals surface area contributed by atoms with Crippen molar-refractivity contribution in [1.29, 1.82) is 0 Å². The van der Waals surface area contributed by atoms with Gasteiger partial charge in [-0.1, -0.05) is 47.5 Å². The fraction of sp³-hybridized carbons (Fsp3) is 0.314. The number of benzene rings is 2. The van der Waals surface area contributed by atoms with Gasteiger partial charge >= 0.3 is 12.1 Å². The predicted octanol–water partition coefficient (Wildman–Crippen LogP) is 9.79. The first-order valence-corrected chi connectivity index (χ1v) is 23.9. The molecule has 6 aromatic heterocycles. The van der Waals surface area contributed by atoms with Crippen molar-refractivity contribution in [3.05, 3.63) is 143 Å². The zero-order chi connectivity index (χ0) is 54.0. The molecule has 0 saturated carbocycles. The Balaban J connectivity index is 0.000000199. The molecule has 0 atom stereocenters. The molecule has 23 heteroatoms. The lowest BCUT2D eigenvalue weighted by molar-refractivity contribution is 0.0522. The van der Waals surface area contributed by atoms with E-state index in [9.17, 15) is 14.4 Å². The lowest BCUT2D eigenvalue weighted by Gasteiger charge is -2.19. The van der Waals surface area contributed by atoms with Crippen molar-refractivity contribution in [2.45, 2.75) is 92.1 Å². The molecule has 2 amide bonds. The predicted molar refractivity (Wildman–Crippen MR) is 284 cm³/mol. The summed E-state index contributed by atoms with van der Waals surface area (Å²) in [5.74, 6) is -0.218. The van der Waals surface area contributed by atoms with Crippen LogP contribution in [0.4, 0.5) is 28.1 Å². The number of aromatic carboxylic acids is 1. The lowest BCUT2D eigenvalue weighted by Crippen LogP contribution is -2.32. The molecule has 8 rings (SSSR count). The highest BCUT2D eigenvalue weighted by atomic mass is 35.5. The molecule has 2 aromatic carbocycles. The quantitative estimate of drug-likeness (QED) is 0.0763. The number of ether oxygens (including phenoxy) is 1. The number of carboxylic acids is 1. The molecule has 8 aromatic rings. The van der Waals surface area contributed by atoms with Crippen LogP contribution in [0.25, 0.3) is 22.5 Å². The Morgan fingerprint density at radius 1 is 0.595 bits per heavy atom. The molecule has 0 aliphatic carbocycles. The first-order chi connectivity index (χ1) is 34.8. The van der Waals surface area contributed by atoms with E-state index in [0.29, 0.717) is 34.1 Å². The van der Waals surface area contributed by atoms with E-state index in [0.717, 1.165) is 45.0 Å². The van der Waals surface area contributed by atoms with Gasteiger partial charge in [0.15, 0.2) is 0 Å². The number of anilines is 4. The molecule has 388 valence electrons. The molecule has 0 spiro atoms. The minimum Gasteiger partial charge on any atom is -0.478 e. The molecule has 0 aliphatic heterocycles. The van der Waals surface area contributed by atoms with Crippen LogP contribution in [0.15, 0.2) is 110 Å². The molecule has 0 saturated heterocycles. The number of alkyl carbamates (subject to hydrolysis) is 1. The second-order valence-electron chi connectivity index (χ2n) is 19.7. The highest BCUT2D eigenvalue weighted by molar-refractivity contribution is 6.32. The summed E-state index contributed by atoms with van der Waals surface area (Å²) in [7, 11) is 3.68. The second-order valence-corrected chi connectivity index (χ2v) is 20.5. The number of aromatic nitrogens is 12. The largest absolute Gasteiger partial charge is 0.478 e. The normalized spacial score (nSPS) is 11.4. The molecular formula is C51H60Cl2N16O5.